The summed E-state index contributed by atoms with van der Waals surface area (Å²) in [6.45, 7) is 3.70. The lowest BCUT2D eigenvalue weighted by atomic mass is 10.2. The first kappa shape index (κ1) is 9.56. The normalized spacial score (nSPS) is 12.9. The van der Waals surface area contributed by atoms with Gasteiger partial charge in [0.15, 0.2) is 5.56 Å². The van der Waals surface area contributed by atoms with E-state index in [2.05, 4.69) is 9.47 Å². The van der Waals surface area contributed by atoms with Crippen LogP contribution in [-0.4, -0.2) is 18.8 Å². The fourth-order valence-electron chi connectivity index (χ4n) is 0.276. The quantitative estimate of drug-likeness (QED) is 0.465. The van der Waals surface area contributed by atoms with Crippen LogP contribution in [0, 0.1) is 5.92 Å². The third-order valence-electron chi connectivity index (χ3n) is 0.900. The summed E-state index contributed by atoms with van der Waals surface area (Å²) in [5.41, 5.74) is -0.604. The van der Waals surface area contributed by atoms with E-state index >= 15 is 0 Å². The maximum Gasteiger partial charge on any atom is 0.509 e. The van der Waals surface area contributed by atoms with E-state index in [-0.39, 0.29) is 5.92 Å². The maximum absolute atomic E-state index is 10.4. The summed E-state index contributed by atoms with van der Waals surface area (Å²) >= 11 is 5.57. The van der Waals surface area contributed by atoms with E-state index in [0.717, 1.165) is 0 Å². The molecule has 0 fully saturated rings. The second kappa shape index (κ2) is 4.39. The second-order valence-corrected chi connectivity index (χ2v) is 2.60. The first-order valence-corrected chi connectivity index (χ1v) is 3.40. The van der Waals surface area contributed by atoms with Crippen LogP contribution in [0.1, 0.15) is 13.8 Å². The lowest BCUT2D eigenvalue weighted by Gasteiger charge is -2.12. The van der Waals surface area contributed by atoms with Gasteiger partial charge in [0.1, 0.15) is 0 Å². The maximum atomic E-state index is 10.4. The fraction of sp³-hybridized carbons (Fsp3) is 0.833. The molecule has 10 heavy (non-hydrogen) atoms. The van der Waals surface area contributed by atoms with Crippen molar-refractivity contribution in [2.24, 2.45) is 5.92 Å². The molecule has 3 nitrogen and oxygen atoms in total. The molecule has 0 N–H and O–H groups in total. The molecule has 0 aromatic carbocycles. The van der Waals surface area contributed by atoms with Crippen molar-refractivity contribution in [1.82, 2.24) is 0 Å². The zero-order valence-corrected chi connectivity index (χ0v) is 7.01. The summed E-state index contributed by atoms with van der Waals surface area (Å²) in [6.07, 6.45) is -0.742. The van der Waals surface area contributed by atoms with Gasteiger partial charge in [-0.05, 0) is 0 Å². The Balaban J connectivity index is 3.57. The molecule has 0 bridgehead atoms. The number of carbonyl (C=O) groups excluding carboxylic acids is 1. The molecule has 1 unspecified atom stereocenters. The van der Waals surface area contributed by atoms with Crippen molar-refractivity contribution in [3.63, 3.8) is 0 Å². The van der Waals surface area contributed by atoms with Gasteiger partial charge in [0.25, 0.3) is 0 Å². The van der Waals surface area contributed by atoms with Gasteiger partial charge in [0, 0.05) is 5.92 Å². The Morgan fingerprint density at radius 2 is 2.00 bits per heavy atom. The molecule has 4 heteroatoms. The minimum Gasteiger partial charge on any atom is -0.438 e. The highest BCUT2D eigenvalue weighted by Crippen LogP contribution is 2.10. The van der Waals surface area contributed by atoms with Crippen LogP contribution in [0.3, 0.4) is 0 Å². The van der Waals surface area contributed by atoms with Gasteiger partial charge in [-0.2, -0.15) is 0 Å². The van der Waals surface area contributed by atoms with E-state index in [1.807, 2.05) is 13.8 Å². The van der Waals surface area contributed by atoms with Gasteiger partial charge in [0.05, 0.1) is 7.11 Å². The molecule has 60 valence electrons. The van der Waals surface area contributed by atoms with E-state index in [4.69, 9.17) is 11.6 Å². The SMILES string of the molecule is COC(=O)OC(Cl)C(C)C. The summed E-state index contributed by atoms with van der Waals surface area (Å²) in [5, 5.41) is 0. The number of alkyl halides is 1. The lowest BCUT2D eigenvalue weighted by Crippen LogP contribution is -2.17. The molecule has 0 spiro atoms. The molecule has 0 aromatic heterocycles. The van der Waals surface area contributed by atoms with Gasteiger partial charge in [-0.3, -0.25) is 0 Å². The Morgan fingerprint density at radius 1 is 1.50 bits per heavy atom. The van der Waals surface area contributed by atoms with Gasteiger partial charge >= 0.3 is 6.16 Å². The number of ether oxygens (including phenoxy) is 2. The summed E-state index contributed by atoms with van der Waals surface area (Å²) in [7, 11) is 1.24. The highest BCUT2D eigenvalue weighted by atomic mass is 35.5. The van der Waals surface area contributed by atoms with Crippen molar-refractivity contribution in [1.29, 1.82) is 0 Å². The zero-order valence-electron chi connectivity index (χ0n) is 6.26. The second-order valence-electron chi connectivity index (χ2n) is 2.17. The Bertz CT molecular complexity index is 114. The molecule has 0 aliphatic heterocycles. The van der Waals surface area contributed by atoms with Gasteiger partial charge < -0.3 is 9.47 Å². The van der Waals surface area contributed by atoms with Gasteiger partial charge in [-0.15, -0.1) is 0 Å². The number of hydrogen-bond acceptors (Lipinski definition) is 3. The molecule has 0 aliphatic rings. The largest absolute Gasteiger partial charge is 0.509 e. The van der Waals surface area contributed by atoms with E-state index < -0.39 is 11.7 Å². The number of methoxy groups -OCH3 is 1. The number of hydrogen-bond donors (Lipinski definition) is 0. The van der Waals surface area contributed by atoms with Crippen LogP contribution in [0.5, 0.6) is 0 Å². The van der Waals surface area contributed by atoms with Crippen LogP contribution in [0.25, 0.3) is 0 Å². The molecule has 0 aromatic rings. The highest BCUT2D eigenvalue weighted by molar-refractivity contribution is 6.20. The predicted molar refractivity (Wildman–Crippen MR) is 38.0 cm³/mol. The molecule has 0 amide bonds. The van der Waals surface area contributed by atoms with Gasteiger partial charge in [-0.25, -0.2) is 4.79 Å². The molecule has 0 rings (SSSR count). The third kappa shape index (κ3) is 3.56. The average Bonchev–Trinajstić information content (AvgIpc) is 1.87. The average molecular weight is 167 g/mol. The van der Waals surface area contributed by atoms with Crippen molar-refractivity contribution in [2.45, 2.75) is 19.4 Å². The first-order valence-electron chi connectivity index (χ1n) is 2.96. The van der Waals surface area contributed by atoms with E-state index in [9.17, 15) is 4.79 Å². The van der Waals surface area contributed by atoms with Gasteiger partial charge in [0.2, 0.25) is 0 Å². The topological polar surface area (TPSA) is 35.5 Å². The van der Waals surface area contributed by atoms with Crippen molar-refractivity contribution >= 4 is 17.8 Å². The number of halogens is 1. The standard InChI is InChI=1S/C6H11ClO3/c1-4(2)5(7)10-6(8)9-3/h4-5H,1-3H3. The van der Waals surface area contributed by atoms with E-state index in [1.54, 1.807) is 0 Å². The highest BCUT2D eigenvalue weighted by Gasteiger charge is 2.14. The predicted octanol–water partition coefficient (Wildman–Crippen LogP) is 1.99. The molecular weight excluding hydrogens is 156 g/mol. The summed E-state index contributed by atoms with van der Waals surface area (Å²) in [4.78, 5) is 10.4. The lowest BCUT2D eigenvalue weighted by molar-refractivity contribution is 0.0498. The van der Waals surface area contributed by atoms with E-state index in [1.165, 1.54) is 7.11 Å². The Morgan fingerprint density at radius 3 is 2.30 bits per heavy atom. The van der Waals surface area contributed by atoms with Crippen molar-refractivity contribution < 1.29 is 14.3 Å². The van der Waals surface area contributed by atoms with Crippen LogP contribution >= 0.6 is 11.6 Å². The van der Waals surface area contributed by atoms with Gasteiger partial charge in [-0.1, -0.05) is 25.4 Å². The summed E-state index contributed by atoms with van der Waals surface area (Å²) in [6, 6.07) is 0. The van der Waals surface area contributed by atoms with Crippen LogP contribution < -0.4 is 0 Å². The van der Waals surface area contributed by atoms with Crippen molar-refractivity contribution in [3.8, 4) is 0 Å². The third-order valence-corrected chi connectivity index (χ3v) is 1.49. The number of carbonyl (C=O) groups is 1. The molecule has 0 aliphatic carbocycles. The smallest absolute Gasteiger partial charge is 0.438 e. The minimum absolute atomic E-state index is 0.0979. The monoisotopic (exact) mass is 166 g/mol. The Kier molecular flexibility index (Phi) is 4.19. The van der Waals surface area contributed by atoms with Crippen molar-refractivity contribution in [3.05, 3.63) is 0 Å². The Hall–Kier alpha value is -0.440. The molecule has 0 saturated carbocycles. The van der Waals surface area contributed by atoms with Crippen molar-refractivity contribution in [2.75, 3.05) is 7.11 Å². The van der Waals surface area contributed by atoms with Crippen LogP contribution in [0.2, 0.25) is 0 Å². The first-order chi connectivity index (χ1) is 4.57. The number of rotatable bonds is 2. The van der Waals surface area contributed by atoms with Crippen LogP contribution in [0.15, 0.2) is 0 Å². The summed E-state index contributed by atoms with van der Waals surface area (Å²) in [5.74, 6) is 0.0979. The molecule has 0 saturated heterocycles. The minimum atomic E-state index is -0.742. The van der Waals surface area contributed by atoms with E-state index in [0.29, 0.717) is 0 Å². The molecular formula is C6H11ClO3. The molecule has 1 atom stereocenters. The fourth-order valence-corrected chi connectivity index (χ4v) is 0.349. The summed E-state index contributed by atoms with van der Waals surface area (Å²) < 4.78 is 8.79. The molecule has 0 heterocycles. The molecule has 0 radical (unpaired) electrons. The van der Waals surface area contributed by atoms with Crippen LogP contribution in [-0.2, 0) is 9.47 Å². The van der Waals surface area contributed by atoms with Crippen LogP contribution in [0.4, 0.5) is 4.79 Å². The zero-order chi connectivity index (χ0) is 8.15. The Labute approximate surface area is 65.3 Å².